The van der Waals surface area contributed by atoms with Gasteiger partial charge in [-0.2, -0.15) is 0 Å². The maximum absolute atomic E-state index is 12.3. The highest BCUT2D eigenvalue weighted by Gasteiger charge is 2.40. The van der Waals surface area contributed by atoms with E-state index in [2.05, 4.69) is 12.2 Å². The lowest BCUT2D eigenvalue weighted by atomic mass is 9.86. The fourth-order valence-electron chi connectivity index (χ4n) is 4.77. The summed E-state index contributed by atoms with van der Waals surface area (Å²) in [5.41, 5.74) is 1.18. The molecular weight excluding hydrogens is 436 g/mol. The third kappa shape index (κ3) is 10.5. The number of carboxylic acid groups (broad SMARTS) is 1. The van der Waals surface area contributed by atoms with Crippen molar-refractivity contribution in [3.8, 4) is 0 Å². The molecule has 5 atom stereocenters. The van der Waals surface area contributed by atoms with Crippen molar-refractivity contribution in [3.05, 3.63) is 42.0 Å². The van der Waals surface area contributed by atoms with Crippen molar-refractivity contribution >= 4 is 16.8 Å². The van der Waals surface area contributed by atoms with Crippen LogP contribution in [0.2, 0.25) is 0 Å². The van der Waals surface area contributed by atoms with Gasteiger partial charge in [-0.15, -0.1) is 0 Å². The molecule has 2 rings (SSSR count). The first-order valence-corrected chi connectivity index (χ1v) is 13.9. The van der Waals surface area contributed by atoms with Gasteiger partial charge in [-0.05, 0) is 75.8 Å². The molecule has 1 saturated carbocycles. The normalized spacial score (nSPS) is 23.8. The summed E-state index contributed by atoms with van der Waals surface area (Å²) >= 11 is 0. The molecule has 0 aromatic heterocycles. The molecule has 6 heteroatoms. The molecule has 1 aliphatic carbocycles. The summed E-state index contributed by atoms with van der Waals surface area (Å²) in [5.74, 6) is 0.193. The zero-order valence-corrected chi connectivity index (χ0v) is 20.8. The Balaban J connectivity index is 1.59. The van der Waals surface area contributed by atoms with Crippen molar-refractivity contribution in [1.29, 1.82) is 0 Å². The van der Waals surface area contributed by atoms with E-state index < -0.39 is 29.0 Å². The maximum atomic E-state index is 12.3. The molecule has 1 fully saturated rings. The molecule has 1 aromatic rings. The Morgan fingerprint density at radius 3 is 2.33 bits per heavy atom. The van der Waals surface area contributed by atoms with Crippen LogP contribution < -0.4 is 0 Å². The van der Waals surface area contributed by atoms with Crippen molar-refractivity contribution in [2.75, 3.05) is 5.75 Å². The number of carboxylic acids is 1. The first-order chi connectivity index (χ1) is 15.9. The molecule has 1 aromatic carbocycles. The number of unbranched alkanes of at least 4 members (excludes halogenated alkanes) is 6. The third-order valence-electron chi connectivity index (χ3n) is 6.76. The highest BCUT2D eigenvalue weighted by atomic mass is 32.2. The Bertz CT molecular complexity index is 745. The number of hydrogen-bond donors (Lipinski definition) is 3. The second-order valence-corrected chi connectivity index (χ2v) is 11.0. The first-order valence-electron chi connectivity index (χ1n) is 12.6. The zero-order chi connectivity index (χ0) is 24.1. The molecule has 1 aliphatic rings. The van der Waals surface area contributed by atoms with Gasteiger partial charge in [0.25, 0.3) is 0 Å². The Labute approximate surface area is 201 Å². The van der Waals surface area contributed by atoms with E-state index in [-0.39, 0.29) is 18.3 Å². The van der Waals surface area contributed by atoms with Crippen LogP contribution in [0.15, 0.2) is 41.3 Å². The van der Waals surface area contributed by atoms with Crippen LogP contribution >= 0.6 is 0 Å². The van der Waals surface area contributed by atoms with Crippen LogP contribution in [-0.4, -0.2) is 43.5 Å². The summed E-state index contributed by atoms with van der Waals surface area (Å²) in [6.07, 6.45) is 13.4. The van der Waals surface area contributed by atoms with Crippen molar-refractivity contribution in [1.82, 2.24) is 0 Å². The van der Waals surface area contributed by atoms with Gasteiger partial charge in [0.2, 0.25) is 0 Å². The number of aliphatic carboxylic acids is 1. The number of aliphatic hydroxyl groups is 2. The average Bonchev–Trinajstić information content (AvgIpc) is 3.04. The van der Waals surface area contributed by atoms with Crippen LogP contribution in [0.4, 0.5) is 0 Å². The van der Waals surface area contributed by atoms with Crippen molar-refractivity contribution < 1.29 is 24.3 Å². The van der Waals surface area contributed by atoms with Crippen LogP contribution in [0.1, 0.15) is 82.6 Å². The lowest BCUT2D eigenvalue weighted by Gasteiger charge is -2.22. The van der Waals surface area contributed by atoms with E-state index in [9.17, 15) is 19.2 Å². The van der Waals surface area contributed by atoms with Gasteiger partial charge in [-0.1, -0.05) is 55.5 Å². The van der Waals surface area contributed by atoms with Crippen LogP contribution in [0.25, 0.3) is 0 Å². The number of allylic oxidation sites excluding steroid dienone is 2. The van der Waals surface area contributed by atoms with Crippen LogP contribution in [0.5, 0.6) is 0 Å². The third-order valence-corrected chi connectivity index (χ3v) is 8.22. The standard InChI is InChI=1S/C27H42O5S/c1-21-15-17-22(18-16-21)33(32)19-11-7-3-2-4-8-12-23-24(26(29)20-25(23)28)13-9-5-6-10-14-27(30)31/h4,8,15-18,23-26,28-29H,2-3,5-7,9-14,19-20H2,1H3,(H,30,31)/b8-4+/t23-,24-,25-,26-,33?/m1/s1. The molecule has 0 saturated heterocycles. The molecule has 0 radical (unpaired) electrons. The van der Waals surface area contributed by atoms with E-state index >= 15 is 0 Å². The first kappa shape index (κ1) is 27.7. The smallest absolute Gasteiger partial charge is 0.303 e. The van der Waals surface area contributed by atoms with Gasteiger partial charge in [0.15, 0.2) is 0 Å². The lowest BCUT2D eigenvalue weighted by Crippen LogP contribution is -2.21. The molecule has 1 unspecified atom stereocenters. The number of benzene rings is 1. The number of carbonyl (C=O) groups is 1. The second-order valence-electron chi connectivity index (χ2n) is 9.46. The fourth-order valence-corrected chi connectivity index (χ4v) is 5.91. The molecule has 0 spiro atoms. The van der Waals surface area contributed by atoms with E-state index in [1.54, 1.807) is 0 Å². The molecule has 5 nitrogen and oxygen atoms in total. The van der Waals surface area contributed by atoms with Crippen molar-refractivity contribution in [3.63, 3.8) is 0 Å². The molecule has 186 valence electrons. The van der Waals surface area contributed by atoms with Gasteiger partial charge >= 0.3 is 5.97 Å². The largest absolute Gasteiger partial charge is 0.481 e. The van der Waals surface area contributed by atoms with E-state index in [1.165, 1.54) is 5.56 Å². The molecule has 0 heterocycles. The van der Waals surface area contributed by atoms with Gasteiger partial charge in [0, 0.05) is 17.1 Å². The minimum atomic E-state index is -0.917. The average molecular weight is 479 g/mol. The topological polar surface area (TPSA) is 94.8 Å². The molecule has 3 N–H and O–H groups in total. The predicted molar refractivity (Wildman–Crippen MR) is 134 cm³/mol. The SMILES string of the molecule is Cc1ccc(S(=O)CCCCC/C=C/C[C@@H]2[C@@H](CCCCCCC(=O)O)[C@H](O)C[C@H]2O)cc1. The Morgan fingerprint density at radius 1 is 0.939 bits per heavy atom. The summed E-state index contributed by atoms with van der Waals surface area (Å²) < 4.78 is 12.3. The minimum absolute atomic E-state index is 0.104. The molecule has 0 aliphatic heterocycles. The Morgan fingerprint density at radius 2 is 1.61 bits per heavy atom. The van der Waals surface area contributed by atoms with Gasteiger partial charge in [-0.25, -0.2) is 0 Å². The van der Waals surface area contributed by atoms with E-state index in [4.69, 9.17) is 5.11 Å². The summed E-state index contributed by atoms with van der Waals surface area (Å²) in [4.78, 5) is 11.5. The maximum Gasteiger partial charge on any atom is 0.303 e. The highest BCUT2D eigenvalue weighted by molar-refractivity contribution is 7.85. The quantitative estimate of drug-likeness (QED) is 0.219. The molecule has 33 heavy (non-hydrogen) atoms. The monoisotopic (exact) mass is 478 g/mol. The molecule has 0 bridgehead atoms. The minimum Gasteiger partial charge on any atom is -0.481 e. The summed E-state index contributed by atoms with van der Waals surface area (Å²) in [6, 6.07) is 7.92. The van der Waals surface area contributed by atoms with Crippen LogP contribution in [0, 0.1) is 18.8 Å². The van der Waals surface area contributed by atoms with Crippen LogP contribution in [-0.2, 0) is 15.6 Å². The van der Waals surface area contributed by atoms with Crippen LogP contribution in [0.3, 0.4) is 0 Å². The van der Waals surface area contributed by atoms with Gasteiger partial charge < -0.3 is 15.3 Å². The van der Waals surface area contributed by atoms with Crippen molar-refractivity contribution in [2.24, 2.45) is 11.8 Å². The summed E-state index contributed by atoms with van der Waals surface area (Å²) in [6.45, 7) is 2.03. The summed E-state index contributed by atoms with van der Waals surface area (Å²) in [7, 11) is -0.917. The number of hydrogen-bond acceptors (Lipinski definition) is 4. The highest BCUT2D eigenvalue weighted by Crippen LogP contribution is 2.38. The van der Waals surface area contributed by atoms with E-state index in [0.717, 1.165) is 62.7 Å². The van der Waals surface area contributed by atoms with Crippen molar-refractivity contribution in [2.45, 2.75) is 101 Å². The Hall–Kier alpha value is -1.50. The van der Waals surface area contributed by atoms with Gasteiger partial charge in [-0.3, -0.25) is 9.00 Å². The van der Waals surface area contributed by atoms with Gasteiger partial charge in [0.1, 0.15) is 0 Å². The number of aliphatic hydroxyl groups excluding tert-OH is 2. The van der Waals surface area contributed by atoms with E-state index in [0.29, 0.717) is 18.6 Å². The lowest BCUT2D eigenvalue weighted by molar-refractivity contribution is -0.137. The molecular formula is C27H42O5S. The Kier molecular flexibility index (Phi) is 13.0. The van der Waals surface area contributed by atoms with E-state index in [1.807, 2.05) is 31.2 Å². The fraction of sp³-hybridized carbons (Fsp3) is 0.667. The summed E-state index contributed by atoms with van der Waals surface area (Å²) in [5, 5.41) is 29.4. The van der Waals surface area contributed by atoms with Gasteiger partial charge in [0.05, 0.1) is 23.0 Å². The second kappa shape index (κ2) is 15.4. The molecule has 0 amide bonds. The predicted octanol–water partition coefficient (Wildman–Crippen LogP) is 5.39. The zero-order valence-electron chi connectivity index (χ0n) is 20.0. The number of rotatable bonds is 16. The number of aryl methyl sites for hydroxylation is 1.